The molecular formula is C23H21NO5. The molecule has 0 unspecified atom stereocenters. The van der Waals surface area contributed by atoms with E-state index in [9.17, 15) is 14.4 Å². The lowest BCUT2D eigenvalue weighted by molar-refractivity contribution is -0.130. The fraction of sp³-hybridized carbons (Fsp3) is 0.261. The molecule has 0 saturated carbocycles. The number of nitrogens with one attached hydrogen (secondary N) is 1. The van der Waals surface area contributed by atoms with Gasteiger partial charge in [0.2, 0.25) is 0 Å². The van der Waals surface area contributed by atoms with Crippen molar-refractivity contribution in [1.82, 2.24) is 5.32 Å². The van der Waals surface area contributed by atoms with E-state index in [0.717, 1.165) is 24.8 Å². The van der Waals surface area contributed by atoms with Gasteiger partial charge in [-0.2, -0.15) is 0 Å². The number of rotatable bonds is 4. The second kappa shape index (κ2) is 7.91. The molecule has 0 bridgehead atoms. The van der Waals surface area contributed by atoms with Crippen LogP contribution in [0.2, 0.25) is 0 Å². The average molecular weight is 391 g/mol. The van der Waals surface area contributed by atoms with Crippen molar-refractivity contribution in [2.24, 2.45) is 0 Å². The van der Waals surface area contributed by atoms with E-state index >= 15 is 0 Å². The standard InChI is InChI=1S/C23H21NO5/c1-14(21(25)24-19-11-6-9-15-7-2-4-10-17(15)19)28-22(26)18-13-16-8-3-5-12-20(16)29-23(18)27/h2-5,7-8,10,12-14,19H,6,9,11H2,1H3,(H,24,25)/t14-,19+/m0/s1. The number of carbonyl (C=O) groups is 2. The Balaban J connectivity index is 1.46. The maximum absolute atomic E-state index is 12.6. The minimum absolute atomic E-state index is 0.112. The highest BCUT2D eigenvalue weighted by molar-refractivity contribution is 5.94. The number of carbonyl (C=O) groups excluding carboxylic acids is 2. The van der Waals surface area contributed by atoms with Gasteiger partial charge in [-0.15, -0.1) is 0 Å². The molecule has 0 saturated heterocycles. The Labute approximate surface area is 167 Å². The molecule has 1 aliphatic rings. The van der Waals surface area contributed by atoms with Crippen LogP contribution in [0.15, 0.2) is 63.8 Å². The Hall–Kier alpha value is -3.41. The normalized spacial score (nSPS) is 16.7. The highest BCUT2D eigenvalue weighted by atomic mass is 16.5. The van der Waals surface area contributed by atoms with Gasteiger partial charge in [-0.3, -0.25) is 4.79 Å². The molecule has 6 heteroatoms. The van der Waals surface area contributed by atoms with Gasteiger partial charge in [0, 0.05) is 5.39 Å². The number of ether oxygens (including phenoxy) is 1. The van der Waals surface area contributed by atoms with E-state index in [-0.39, 0.29) is 11.6 Å². The Morgan fingerprint density at radius 3 is 2.76 bits per heavy atom. The number of para-hydroxylation sites is 1. The molecule has 0 aliphatic heterocycles. The van der Waals surface area contributed by atoms with Crippen LogP contribution < -0.4 is 10.9 Å². The molecule has 0 radical (unpaired) electrons. The van der Waals surface area contributed by atoms with Gasteiger partial charge in [0.25, 0.3) is 5.91 Å². The highest BCUT2D eigenvalue weighted by Gasteiger charge is 2.26. The van der Waals surface area contributed by atoms with Crippen LogP contribution in [-0.2, 0) is 16.0 Å². The Morgan fingerprint density at radius 1 is 1.14 bits per heavy atom. The lowest BCUT2D eigenvalue weighted by Crippen LogP contribution is -2.39. The predicted molar refractivity (Wildman–Crippen MR) is 108 cm³/mol. The van der Waals surface area contributed by atoms with Crippen LogP contribution in [0.1, 0.15) is 47.3 Å². The summed E-state index contributed by atoms with van der Waals surface area (Å²) < 4.78 is 10.4. The van der Waals surface area contributed by atoms with Crippen LogP contribution in [-0.4, -0.2) is 18.0 Å². The van der Waals surface area contributed by atoms with Crippen molar-refractivity contribution >= 4 is 22.8 Å². The lowest BCUT2D eigenvalue weighted by Gasteiger charge is -2.27. The molecule has 148 valence electrons. The predicted octanol–water partition coefficient (Wildman–Crippen LogP) is 3.53. The lowest BCUT2D eigenvalue weighted by atomic mass is 9.87. The summed E-state index contributed by atoms with van der Waals surface area (Å²) in [6.45, 7) is 1.49. The SMILES string of the molecule is C[C@H](OC(=O)c1cc2ccccc2oc1=O)C(=O)N[C@@H]1CCCc2ccccc21. The van der Waals surface area contributed by atoms with E-state index < -0.39 is 23.6 Å². The third kappa shape index (κ3) is 3.92. The Morgan fingerprint density at radius 2 is 1.90 bits per heavy atom. The summed E-state index contributed by atoms with van der Waals surface area (Å²) in [6.07, 6.45) is 1.76. The summed E-state index contributed by atoms with van der Waals surface area (Å²) in [4.78, 5) is 37.2. The smallest absolute Gasteiger partial charge is 0.351 e. The number of fused-ring (bicyclic) bond motifs is 2. The number of hydrogen-bond acceptors (Lipinski definition) is 5. The van der Waals surface area contributed by atoms with Crippen molar-refractivity contribution in [3.63, 3.8) is 0 Å². The molecule has 29 heavy (non-hydrogen) atoms. The summed E-state index contributed by atoms with van der Waals surface area (Å²) in [6, 6.07) is 16.2. The molecule has 1 aromatic heterocycles. The summed E-state index contributed by atoms with van der Waals surface area (Å²) in [5.74, 6) is -1.28. The van der Waals surface area contributed by atoms with Crippen molar-refractivity contribution in [2.45, 2.75) is 38.3 Å². The third-order valence-electron chi connectivity index (χ3n) is 5.20. The third-order valence-corrected chi connectivity index (χ3v) is 5.20. The molecule has 1 aliphatic carbocycles. The van der Waals surface area contributed by atoms with Crippen molar-refractivity contribution in [1.29, 1.82) is 0 Å². The second-order valence-electron chi connectivity index (χ2n) is 7.19. The van der Waals surface area contributed by atoms with E-state index in [1.165, 1.54) is 18.6 Å². The van der Waals surface area contributed by atoms with E-state index in [0.29, 0.717) is 11.0 Å². The van der Waals surface area contributed by atoms with Crippen LogP contribution in [0.25, 0.3) is 11.0 Å². The first-order valence-corrected chi connectivity index (χ1v) is 9.65. The van der Waals surface area contributed by atoms with Gasteiger partial charge in [0.1, 0.15) is 11.1 Å². The van der Waals surface area contributed by atoms with Gasteiger partial charge >= 0.3 is 11.6 Å². The van der Waals surface area contributed by atoms with Gasteiger partial charge in [0.15, 0.2) is 6.10 Å². The minimum atomic E-state index is -1.04. The number of amides is 1. The fourth-order valence-electron chi connectivity index (χ4n) is 3.67. The van der Waals surface area contributed by atoms with Gasteiger partial charge in [-0.1, -0.05) is 42.5 Å². The van der Waals surface area contributed by atoms with E-state index in [2.05, 4.69) is 11.4 Å². The number of esters is 1. The molecule has 1 heterocycles. The zero-order chi connectivity index (χ0) is 20.4. The highest BCUT2D eigenvalue weighted by Crippen LogP contribution is 2.29. The minimum Gasteiger partial charge on any atom is -0.449 e. The van der Waals surface area contributed by atoms with Gasteiger partial charge in [0.05, 0.1) is 6.04 Å². The fourth-order valence-corrected chi connectivity index (χ4v) is 3.67. The largest absolute Gasteiger partial charge is 0.449 e. The zero-order valence-electron chi connectivity index (χ0n) is 16.0. The summed E-state index contributed by atoms with van der Waals surface area (Å²) in [5, 5.41) is 3.56. The first-order chi connectivity index (χ1) is 14.0. The average Bonchev–Trinajstić information content (AvgIpc) is 2.73. The molecule has 3 aromatic rings. The van der Waals surface area contributed by atoms with E-state index in [1.807, 2.05) is 18.2 Å². The van der Waals surface area contributed by atoms with Crippen LogP contribution in [0.4, 0.5) is 0 Å². The van der Waals surface area contributed by atoms with Crippen LogP contribution in [0.3, 0.4) is 0 Å². The van der Waals surface area contributed by atoms with E-state index in [1.54, 1.807) is 24.3 Å². The monoisotopic (exact) mass is 391 g/mol. The molecule has 1 N–H and O–H groups in total. The topological polar surface area (TPSA) is 85.6 Å². The molecule has 0 fully saturated rings. The van der Waals surface area contributed by atoms with Crippen molar-refractivity contribution in [3.05, 3.63) is 81.7 Å². The summed E-state index contributed by atoms with van der Waals surface area (Å²) in [7, 11) is 0. The van der Waals surface area contributed by atoms with Crippen molar-refractivity contribution < 1.29 is 18.7 Å². The quantitative estimate of drug-likeness (QED) is 0.543. The van der Waals surface area contributed by atoms with E-state index in [4.69, 9.17) is 9.15 Å². The first kappa shape index (κ1) is 18.9. The number of benzene rings is 2. The maximum Gasteiger partial charge on any atom is 0.351 e. The molecule has 2 atom stereocenters. The summed E-state index contributed by atoms with van der Waals surface area (Å²) in [5.41, 5.74) is 1.69. The van der Waals surface area contributed by atoms with Crippen molar-refractivity contribution in [3.8, 4) is 0 Å². The molecular weight excluding hydrogens is 370 g/mol. The van der Waals surface area contributed by atoms with Gasteiger partial charge in [-0.05, 0) is 49.4 Å². The molecule has 6 nitrogen and oxygen atoms in total. The maximum atomic E-state index is 12.6. The van der Waals surface area contributed by atoms with Gasteiger partial charge < -0.3 is 14.5 Å². The first-order valence-electron chi connectivity index (χ1n) is 9.65. The zero-order valence-corrected chi connectivity index (χ0v) is 16.0. The molecule has 4 rings (SSSR count). The van der Waals surface area contributed by atoms with Crippen LogP contribution in [0.5, 0.6) is 0 Å². The Bertz CT molecular complexity index is 1130. The molecule has 0 spiro atoms. The van der Waals surface area contributed by atoms with Crippen LogP contribution >= 0.6 is 0 Å². The Kier molecular flexibility index (Phi) is 5.16. The summed E-state index contributed by atoms with van der Waals surface area (Å²) >= 11 is 0. The number of hydrogen-bond donors (Lipinski definition) is 1. The second-order valence-corrected chi connectivity index (χ2v) is 7.19. The van der Waals surface area contributed by atoms with Crippen LogP contribution in [0, 0.1) is 0 Å². The molecule has 1 amide bonds. The van der Waals surface area contributed by atoms with Crippen molar-refractivity contribution in [2.75, 3.05) is 0 Å². The number of aryl methyl sites for hydroxylation is 1. The van der Waals surface area contributed by atoms with Gasteiger partial charge in [-0.25, -0.2) is 9.59 Å². The molecule has 2 aromatic carbocycles.